The minimum Gasteiger partial charge on any atom is -0.392 e. The Balaban J connectivity index is 2.07. The van der Waals surface area contributed by atoms with Crippen molar-refractivity contribution < 1.29 is 9.90 Å². The van der Waals surface area contributed by atoms with Crippen LogP contribution in [0.5, 0.6) is 0 Å². The van der Waals surface area contributed by atoms with Gasteiger partial charge >= 0.3 is 6.03 Å². The molecule has 0 aromatic rings. The van der Waals surface area contributed by atoms with Crippen LogP contribution in [0.15, 0.2) is 0 Å². The maximum atomic E-state index is 10.4. The first-order chi connectivity index (χ1) is 6.70. The number of aliphatic hydroxyl groups excluding tert-OH is 1. The van der Waals surface area contributed by atoms with Crippen molar-refractivity contribution in [1.82, 2.24) is 5.32 Å². The average molecular weight is 218 g/mol. The van der Waals surface area contributed by atoms with Crippen LogP contribution >= 0.6 is 11.8 Å². The molecule has 0 aliphatic heterocycles. The van der Waals surface area contributed by atoms with Gasteiger partial charge in [0.1, 0.15) is 0 Å². The van der Waals surface area contributed by atoms with Gasteiger partial charge in [-0.15, -0.1) is 0 Å². The van der Waals surface area contributed by atoms with Gasteiger partial charge in [0.2, 0.25) is 0 Å². The van der Waals surface area contributed by atoms with Gasteiger partial charge in [0.25, 0.3) is 0 Å². The molecule has 1 fully saturated rings. The lowest BCUT2D eigenvalue weighted by Crippen LogP contribution is -2.32. The molecule has 1 rings (SSSR count). The number of carbonyl (C=O) groups is 1. The monoisotopic (exact) mass is 218 g/mol. The van der Waals surface area contributed by atoms with Crippen LogP contribution in [0.2, 0.25) is 0 Å². The SMILES string of the molecule is NC(=O)NCCS[C@@H]1CCCC[C@H]1O. The lowest BCUT2D eigenvalue weighted by atomic mass is 9.97. The molecule has 0 radical (unpaired) electrons. The molecule has 2 amide bonds. The van der Waals surface area contributed by atoms with Gasteiger partial charge in [-0.3, -0.25) is 0 Å². The first-order valence-electron chi connectivity index (χ1n) is 5.03. The van der Waals surface area contributed by atoms with E-state index in [0.717, 1.165) is 25.0 Å². The Kier molecular flexibility index (Phi) is 5.11. The Labute approximate surface area is 88.6 Å². The fraction of sp³-hybridized carbons (Fsp3) is 0.889. The van der Waals surface area contributed by atoms with Crippen molar-refractivity contribution in [2.75, 3.05) is 12.3 Å². The zero-order valence-corrected chi connectivity index (χ0v) is 9.05. The summed E-state index contributed by atoms with van der Waals surface area (Å²) in [6.07, 6.45) is 4.18. The molecule has 82 valence electrons. The summed E-state index contributed by atoms with van der Waals surface area (Å²) < 4.78 is 0. The number of nitrogens with two attached hydrogens (primary N) is 1. The molecule has 5 heteroatoms. The summed E-state index contributed by atoms with van der Waals surface area (Å²) in [5.41, 5.74) is 4.93. The minimum absolute atomic E-state index is 0.165. The van der Waals surface area contributed by atoms with Crippen molar-refractivity contribution in [2.45, 2.75) is 37.0 Å². The summed E-state index contributed by atoms with van der Waals surface area (Å²) in [5, 5.41) is 12.5. The van der Waals surface area contributed by atoms with Crippen molar-refractivity contribution in [3.05, 3.63) is 0 Å². The number of amides is 2. The number of nitrogens with one attached hydrogen (secondary N) is 1. The number of hydrogen-bond donors (Lipinski definition) is 3. The quantitative estimate of drug-likeness (QED) is 0.608. The van der Waals surface area contributed by atoms with E-state index in [1.807, 2.05) is 0 Å². The molecular weight excluding hydrogens is 200 g/mol. The third-order valence-corrected chi connectivity index (χ3v) is 3.82. The molecule has 0 spiro atoms. The molecule has 4 nitrogen and oxygen atoms in total. The fourth-order valence-corrected chi connectivity index (χ4v) is 2.87. The molecule has 4 N–H and O–H groups in total. The second-order valence-electron chi connectivity index (χ2n) is 3.55. The highest BCUT2D eigenvalue weighted by molar-refractivity contribution is 7.99. The fourth-order valence-electron chi connectivity index (χ4n) is 1.66. The number of hydrogen-bond acceptors (Lipinski definition) is 3. The number of primary amides is 1. The van der Waals surface area contributed by atoms with Crippen molar-refractivity contribution in [3.8, 4) is 0 Å². The predicted octanol–water partition coefficient (Wildman–Crippen LogP) is 0.691. The predicted molar refractivity (Wildman–Crippen MR) is 58.3 cm³/mol. The maximum absolute atomic E-state index is 10.4. The van der Waals surface area contributed by atoms with Gasteiger partial charge in [-0.1, -0.05) is 12.8 Å². The van der Waals surface area contributed by atoms with E-state index in [1.54, 1.807) is 11.8 Å². The number of aliphatic hydroxyl groups is 1. The van der Waals surface area contributed by atoms with E-state index in [4.69, 9.17) is 5.73 Å². The molecule has 1 aliphatic rings. The van der Waals surface area contributed by atoms with Crippen LogP contribution in [0.4, 0.5) is 4.79 Å². The van der Waals surface area contributed by atoms with Crippen LogP contribution in [0.3, 0.4) is 0 Å². The molecule has 0 bridgehead atoms. The Morgan fingerprint density at radius 2 is 2.21 bits per heavy atom. The molecule has 2 atom stereocenters. The molecule has 1 saturated carbocycles. The first-order valence-corrected chi connectivity index (χ1v) is 6.08. The molecule has 0 unspecified atom stereocenters. The number of urea groups is 1. The first kappa shape index (κ1) is 11.7. The van der Waals surface area contributed by atoms with E-state index in [-0.39, 0.29) is 6.10 Å². The lowest BCUT2D eigenvalue weighted by Gasteiger charge is -2.26. The van der Waals surface area contributed by atoms with E-state index in [9.17, 15) is 9.90 Å². The van der Waals surface area contributed by atoms with Crippen molar-refractivity contribution in [2.24, 2.45) is 5.73 Å². The minimum atomic E-state index is -0.477. The molecule has 0 aromatic carbocycles. The Hall–Kier alpha value is -0.420. The van der Waals surface area contributed by atoms with Crippen molar-refractivity contribution in [3.63, 3.8) is 0 Å². The summed E-state index contributed by atoms with van der Waals surface area (Å²) in [4.78, 5) is 10.4. The molecule has 0 heterocycles. The summed E-state index contributed by atoms with van der Waals surface area (Å²) in [6.45, 7) is 0.587. The molecule has 1 aliphatic carbocycles. The van der Waals surface area contributed by atoms with Crippen molar-refractivity contribution >= 4 is 17.8 Å². The number of thioether (sulfide) groups is 1. The van der Waals surface area contributed by atoms with Gasteiger partial charge < -0.3 is 16.2 Å². The highest BCUT2D eigenvalue weighted by Gasteiger charge is 2.22. The van der Waals surface area contributed by atoms with Crippen LogP contribution < -0.4 is 11.1 Å². The highest BCUT2D eigenvalue weighted by Crippen LogP contribution is 2.28. The standard InChI is InChI=1S/C9H18N2O2S/c10-9(13)11-5-6-14-8-4-2-1-3-7(8)12/h7-8,12H,1-6H2,(H3,10,11,13)/t7-,8-/m1/s1. The van der Waals surface area contributed by atoms with Crippen molar-refractivity contribution in [1.29, 1.82) is 0 Å². The van der Waals surface area contributed by atoms with Gasteiger partial charge in [-0.05, 0) is 12.8 Å². The topological polar surface area (TPSA) is 75.4 Å². The Morgan fingerprint density at radius 1 is 1.50 bits per heavy atom. The van der Waals surface area contributed by atoms with Crippen LogP contribution in [-0.4, -0.2) is 34.8 Å². The van der Waals surface area contributed by atoms with E-state index in [2.05, 4.69) is 5.32 Å². The summed E-state index contributed by atoms with van der Waals surface area (Å²) in [7, 11) is 0. The number of rotatable bonds is 4. The molecule has 0 aromatic heterocycles. The van der Waals surface area contributed by atoms with Gasteiger partial charge in [-0.2, -0.15) is 11.8 Å². The van der Waals surface area contributed by atoms with Gasteiger partial charge in [0.05, 0.1) is 6.10 Å². The second-order valence-corrected chi connectivity index (χ2v) is 4.90. The van der Waals surface area contributed by atoms with E-state index in [0.29, 0.717) is 11.8 Å². The third kappa shape index (κ3) is 4.19. The van der Waals surface area contributed by atoms with Gasteiger partial charge in [0, 0.05) is 17.5 Å². The summed E-state index contributed by atoms with van der Waals surface area (Å²) in [6, 6.07) is -0.477. The summed E-state index contributed by atoms with van der Waals surface area (Å²) in [5.74, 6) is 0.824. The van der Waals surface area contributed by atoms with Gasteiger partial charge in [-0.25, -0.2) is 4.79 Å². The van der Waals surface area contributed by atoms with E-state index in [1.165, 1.54) is 6.42 Å². The van der Waals surface area contributed by atoms with Crippen LogP contribution in [0, 0.1) is 0 Å². The normalized spacial score (nSPS) is 27.2. The number of carbonyl (C=O) groups excluding carboxylic acids is 1. The third-order valence-electron chi connectivity index (χ3n) is 2.40. The Morgan fingerprint density at radius 3 is 2.86 bits per heavy atom. The van der Waals surface area contributed by atoms with E-state index >= 15 is 0 Å². The van der Waals surface area contributed by atoms with Gasteiger partial charge in [0.15, 0.2) is 0 Å². The Bertz CT molecular complexity index is 190. The smallest absolute Gasteiger partial charge is 0.312 e. The average Bonchev–Trinajstić information content (AvgIpc) is 2.15. The van der Waals surface area contributed by atoms with Crippen LogP contribution in [0.25, 0.3) is 0 Å². The van der Waals surface area contributed by atoms with E-state index < -0.39 is 6.03 Å². The maximum Gasteiger partial charge on any atom is 0.312 e. The zero-order chi connectivity index (χ0) is 10.4. The largest absolute Gasteiger partial charge is 0.392 e. The van der Waals surface area contributed by atoms with Crippen LogP contribution in [0.1, 0.15) is 25.7 Å². The zero-order valence-electron chi connectivity index (χ0n) is 8.24. The summed E-state index contributed by atoms with van der Waals surface area (Å²) >= 11 is 1.73. The lowest BCUT2D eigenvalue weighted by molar-refractivity contribution is 0.137. The molecule has 14 heavy (non-hydrogen) atoms. The van der Waals surface area contributed by atoms with Crippen LogP contribution in [-0.2, 0) is 0 Å². The highest BCUT2D eigenvalue weighted by atomic mass is 32.2. The molecular formula is C9H18N2O2S. The molecule has 0 saturated heterocycles. The second kappa shape index (κ2) is 6.14.